The molecule has 6 nitrogen and oxygen atoms in total. The van der Waals surface area contributed by atoms with Crippen molar-refractivity contribution in [3.8, 4) is 5.75 Å². The van der Waals surface area contributed by atoms with Crippen molar-refractivity contribution in [1.29, 1.82) is 0 Å². The fourth-order valence-corrected chi connectivity index (χ4v) is 4.20. The lowest BCUT2D eigenvalue weighted by molar-refractivity contribution is -0.118. The fraction of sp³-hybridized carbons (Fsp3) is 0.381. The fourth-order valence-electron chi connectivity index (χ4n) is 2.55. The predicted molar refractivity (Wildman–Crippen MR) is 119 cm³/mol. The molecule has 158 valence electrons. The van der Waals surface area contributed by atoms with Crippen LogP contribution in [0.3, 0.4) is 0 Å². The second kappa shape index (κ2) is 10.8. The Hall–Kier alpha value is -1.90. The van der Waals surface area contributed by atoms with Crippen LogP contribution < -0.4 is 14.8 Å². The van der Waals surface area contributed by atoms with Gasteiger partial charge in [-0.1, -0.05) is 26.8 Å². The molecule has 0 spiro atoms. The Morgan fingerprint density at radius 2 is 1.83 bits per heavy atom. The Kier molecular flexibility index (Phi) is 8.67. The van der Waals surface area contributed by atoms with Gasteiger partial charge < -0.3 is 10.1 Å². The van der Waals surface area contributed by atoms with E-state index in [-0.39, 0.29) is 17.4 Å². The summed E-state index contributed by atoms with van der Waals surface area (Å²) in [5, 5.41) is 2.70. The quantitative estimate of drug-likeness (QED) is 0.515. The Morgan fingerprint density at radius 3 is 2.41 bits per heavy atom. The molecule has 0 saturated heterocycles. The Labute approximate surface area is 181 Å². The Bertz CT molecular complexity index is 930. The van der Waals surface area contributed by atoms with E-state index in [0.29, 0.717) is 30.3 Å². The second-order valence-electron chi connectivity index (χ2n) is 6.76. The van der Waals surface area contributed by atoms with Gasteiger partial charge in [-0.2, -0.15) is 0 Å². The Balaban J connectivity index is 1.93. The molecule has 0 aliphatic carbocycles. The highest BCUT2D eigenvalue weighted by Crippen LogP contribution is 2.30. The minimum absolute atomic E-state index is 0.153. The largest absolute Gasteiger partial charge is 0.483 e. The lowest BCUT2D eigenvalue weighted by Gasteiger charge is -2.13. The molecular weight excluding hydrogens is 456 g/mol. The predicted octanol–water partition coefficient (Wildman–Crippen LogP) is 4.67. The Morgan fingerprint density at radius 1 is 1.14 bits per heavy atom. The summed E-state index contributed by atoms with van der Waals surface area (Å²) in [5.74, 6) is 0.714. The van der Waals surface area contributed by atoms with E-state index < -0.39 is 10.0 Å². The molecule has 0 bridgehead atoms. The van der Waals surface area contributed by atoms with Crippen molar-refractivity contribution < 1.29 is 17.9 Å². The number of benzene rings is 2. The first-order valence-electron chi connectivity index (χ1n) is 9.58. The number of hydrogen-bond acceptors (Lipinski definition) is 4. The third-order valence-corrected chi connectivity index (χ3v) is 6.58. The van der Waals surface area contributed by atoms with Crippen molar-refractivity contribution >= 4 is 37.5 Å². The SMILES string of the molecule is CCCNS(=O)(=O)c1ccc(NC(=O)COc2ccc(C(C)CC)cc2Br)cc1. The maximum atomic E-state index is 12.2. The van der Waals surface area contributed by atoms with E-state index in [1.807, 2.05) is 25.1 Å². The molecule has 0 aliphatic rings. The zero-order valence-corrected chi connectivity index (χ0v) is 19.3. The second-order valence-corrected chi connectivity index (χ2v) is 9.38. The molecule has 1 atom stereocenters. The van der Waals surface area contributed by atoms with E-state index in [0.717, 1.165) is 10.9 Å². The van der Waals surface area contributed by atoms with Crippen LogP contribution in [0.15, 0.2) is 51.8 Å². The van der Waals surface area contributed by atoms with Crippen LogP contribution in [0.5, 0.6) is 5.75 Å². The number of ether oxygens (including phenoxy) is 1. The van der Waals surface area contributed by atoms with Gasteiger partial charge in [-0.05, 0) is 76.7 Å². The number of carbonyl (C=O) groups is 1. The molecule has 0 aromatic heterocycles. The zero-order valence-electron chi connectivity index (χ0n) is 16.9. The van der Waals surface area contributed by atoms with Crippen LogP contribution in [0.2, 0.25) is 0 Å². The molecule has 1 amide bonds. The van der Waals surface area contributed by atoms with Crippen LogP contribution in [0.25, 0.3) is 0 Å². The number of rotatable bonds is 10. The van der Waals surface area contributed by atoms with E-state index >= 15 is 0 Å². The average Bonchev–Trinajstić information content (AvgIpc) is 2.71. The molecule has 2 rings (SSSR count). The van der Waals surface area contributed by atoms with Crippen molar-refractivity contribution in [2.45, 2.75) is 44.4 Å². The van der Waals surface area contributed by atoms with E-state index in [9.17, 15) is 13.2 Å². The van der Waals surface area contributed by atoms with Crippen molar-refractivity contribution in [1.82, 2.24) is 4.72 Å². The van der Waals surface area contributed by atoms with Crippen LogP contribution in [-0.2, 0) is 14.8 Å². The normalized spacial score (nSPS) is 12.4. The maximum absolute atomic E-state index is 12.2. The third-order valence-electron chi connectivity index (χ3n) is 4.49. The molecule has 0 heterocycles. The van der Waals surface area contributed by atoms with Crippen LogP contribution in [0, 0.1) is 0 Å². The molecule has 1 unspecified atom stereocenters. The number of amides is 1. The lowest BCUT2D eigenvalue weighted by atomic mass is 9.99. The van der Waals surface area contributed by atoms with Crippen LogP contribution in [0.1, 0.15) is 45.1 Å². The van der Waals surface area contributed by atoms with E-state index in [1.165, 1.54) is 17.7 Å². The lowest BCUT2D eigenvalue weighted by Crippen LogP contribution is -2.24. The van der Waals surface area contributed by atoms with Gasteiger partial charge in [-0.25, -0.2) is 13.1 Å². The third kappa shape index (κ3) is 6.83. The van der Waals surface area contributed by atoms with E-state index in [4.69, 9.17) is 4.74 Å². The summed E-state index contributed by atoms with van der Waals surface area (Å²) in [6.07, 6.45) is 1.76. The van der Waals surface area contributed by atoms with Crippen molar-refractivity contribution in [3.63, 3.8) is 0 Å². The first kappa shape index (κ1) is 23.4. The minimum Gasteiger partial charge on any atom is -0.483 e. The molecule has 0 fully saturated rings. The first-order chi connectivity index (χ1) is 13.8. The van der Waals surface area contributed by atoms with Gasteiger partial charge in [-0.3, -0.25) is 4.79 Å². The highest BCUT2D eigenvalue weighted by atomic mass is 79.9. The number of hydrogen-bond donors (Lipinski definition) is 2. The average molecular weight is 483 g/mol. The first-order valence-corrected chi connectivity index (χ1v) is 11.9. The summed E-state index contributed by atoms with van der Waals surface area (Å²) in [5.41, 5.74) is 1.71. The number of halogens is 1. The van der Waals surface area contributed by atoms with Gasteiger partial charge >= 0.3 is 0 Å². The standard InChI is InChI=1S/C21H27BrN2O4S/c1-4-12-23-29(26,27)18-9-7-17(8-10-18)24-21(25)14-28-20-11-6-16(13-19(20)22)15(3)5-2/h6-11,13,15,23H,4-5,12,14H2,1-3H3,(H,24,25). The molecule has 0 saturated carbocycles. The van der Waals surface area contributed by atoms with Gasteiger partial charge in [0.05, 0.1) is 9.37 Å². The summed E-state index contributed by atoms with van der Waals surface area (Å²) in [6, 6.07) is 11.9. The highest BCUT2D eigenvalue weighted by molar-refractivity contribution is 9.10. The number of anilines is 1. The summed E-state index contributed by atoms with van der Waals surface area (Å²) >= 11 is 3.49. The number of nitrogens with one attached hydrogen (secondary N) is 2. The van der Waals surface area contributed by atoms with Crippen LogP contribution in [0.4, 0.5) is 5.69 Å². The molecule has 2 N–H and O–H groups in total. The number of sulfonamides is 1. The van der Waals surface area contributed by atoms with E-state index in [2.05, 4.69) is 39.8 Å². The number of carbonyl (C=O) groups excluding carboxylic acids is 1. The van der Waals surface area contributed by atoms with Crippen LogP contribution in [-0.4, -0.2) is 27.5 Å². The molecular formula is C21H27BrN2O4S. The van der Waals surface area contributed by atoms with Gasteiger partial charge in [-0.15, -0.1) is 0 Å². The summed E-state index contributed by atoms with van der Waals surface area (Å²) in [7, 11) is -3.52. The molecule has 2 aromatic rings. The molecule has 29 heavy (non-hydrogen) atoms. The highest BCUT2D eigenvalue weighted by Gasteiger charge is 2.13. The van der Waals surface area contributed by atoms with Crippen molar-refractivity contribution in [2.24, 2.45) is 0 Å². The topological polar surface area (TPSA) is 84.5 Å². The van der Waals surface area contributed by atoms with Gasteiger partial charge in [0.2, 0.25) is 10.0 Å². The molecule has 2 aromatic carbocycles. The van der Waals surface area contributed by atoms with Gasteiger partial charge in [0.25, 0.3) is 5.91 Å². The molecule has 0 aliphatic heterocycles. The zero-order chi connectivity index (χ0) is 21.4. The maximum Gasteiger partial charge on any atom is 0.262 e. The van der Waals surface area contributed by atoms with Crippen molar-refractivity contribution in [2.75, 3.05) is 18.5 Å². The molecule has 8 heteroatoms. The van der Waals surface area contributed by atoms with Gasteiger partial charge in [0.1, 0.15) is 5.75 Å². The smallest absolute Gasteiger partial charge is 0.262 e. The summed E-state index contributed by atoms with van der Waals surface area (Å²) in [4.78, 5) is 12.3. The van der Waals surface area contributed by atoms with Gasteiger partial charge in [0, 0.05) is 12.2 Å². The summed E-state index contributed by atoms with van der Waals surface area (Å²) < 4.78 is 33.1. The van der Waals surface area contributed by atoms with E-state index in [1.54, 1.807) is 12.1 Å². The molecule has 0 radical (unpaired) electrons. The minimum atomic E-state index is -3.52. The summed E-state index contributed by atoms with van der Waals surface area (Å²) in [6.45, 7) is 6.41. The monoisotopic (exact) mass is 482 g/mol. The van der Waals surface area contributed by atoms with Gasteiger partial charge in [0.15, 0.2) is 6.61 Å². The van der Waals surface area contributed by atoms with Crippen LogP contribution >= 0.6 is 15.9 Å². The van der Waals surface area contributed by atoms with Crippen molar-refractivity contribution in [3.05, 3.63) is 52.5 Å².